The fraction of sp³-hybridized carbons (Fsp3) is 0.471. The first-order valence-corrected chi connectivity index (χ1v) is 8.89. The van der Waals surface area contributed by atoms with Crippen molar-refractivity contribution in [3.05, 3.63) is 41.8 Å². The number of likely N-dealkylation sites (tertiary alicyclic amines) is 1. The van der Waals surface area contributed by atoms with E-state index in [4.69, 9.17) is 4.42 Å². The molecular weight excluding hydrogens is 310 g/mol. The molecule has 1 aromatic heterocycles. The lowest BCUT2D eigenvalue weighted by atomic mass is 10.1. The van der Waals surface area contributed by atoms with Crippen LogP contribution in [0.3, 0.4) is 0 Å². The molecule has 1 saturated heterocycles. The zero-order valence-electron chi connectivity index (χ0n) is 13.3. The van der Waals surface area contributed by atoms with E-state index in [2.05, 4.69) is 41.4 Å². The van der Waals surface area contributed by atoms with E-state index in [1.807, 2.05) is 6.07 Å². The monoisotopic (exact) mass is 331 g/mol. The number of carbonyl (C=O) groups is 1. The van der Waals surface area contributed by atoms with Gasteiger partial charge in [0, 0.05) is 18.2 Å². The van der Waals surface area contributed by atoms with Crippen LogP contribution in [0, 0.1) is 0 Å². The number of aryl methyl sites for hydroxylation is 1. The largest absolute Gasteiger partial charge is 0.414 e. The van der Waals surface area contributed by atoms with Gasteiger partial charge in [-0.3, -0.25) is 4.79 Å². The van der Waals surface area contributed by atoms with Gasteiger partial charge in [0.05, 0.1) is 6.54 Å². The van der Waals surface area contributed by atoms with Crippen LogP contribution in [0.5, 0.6) is 0 Å². The summed E-state index contributed by atoms with van der Waals surface area (Å²) in [5.74, 6) is 0.701. The highest BCUT2D eigenvalue weighted by atomic mass is 32.2. The molecule has 3 rings (SSSR count). The van der Waals surface area contributed by atoms with Gasteiger partial charge in [-0.05, 0) is 24.8 Å². The molecule has 0 N–H and O–H groups in total. The summed E-state index contributed by atoms with van der Waals surface area (Å²) in [6.45, 7) is 3.39. The Morgan fingerprint density at radius 2 is 2.13 bits per heavy atom. The van der Waals surface area contributed by atoms with E-state index in [1.165, 1.54) is 5.56 Å². The van der Waals surface area contributed by atoms with E-state index in [0.717, 1.165) is 25.8 Å². The Balaban J connectivity index is 1.47. The number of amides is 1. The van der Waals surface area contributed by atoms with Gasteiger partial charge in [0.15, 0.2) is 0 Å². The molecule has 1 aliphatic rings. The number of rotatable bonds is 7. The first-order valence-electron chi connectivity index (χ1n) is 8.01. The van der Waals surface area contributed by atoms with Crippen molar-refractivity contribution in [2.75, 3.05) is 6.54 Å². The molecule has 122 valence electrons. The number of hydrogen-bond acceptors (Lipinski definition) is 5. The summed E-state index contributed by atoms with van der Waals surface area (Å²) in [6.07, 6.45) is 3.65. The Kier molecular flexibility index (Phi) is 5.33. The first-order chi connectivity index (χ1) is 11.2. The number of thioether (sulfide) groups is 1. The van der Waals surface area contributed by atoms with Gasteiger partial charge >= 0.3 is 0 Å². The van der Waals surface area contributed by atoms with E-state index < -0.39 is 0 Å². The van der Waals surface area contributed by atoms with Crippen molar-refractivity contribution >= 4 is 17.7 Å². The molecule has 2 aromatic rings. The van der Waals surface area contributed by atoms with Crippen LogP contribution in [0.25, 0.3) is 0 Å². The van der Waals surface area contributed by atoms with Crippen molar-refractivity contribution in [1.82, 2.24) is 15.1 Å². The molecule has 1 unspecified atom stereocenters. The predicted octanol–water partition coefficient (Wildman–Crippen LogP) is 3.31. The summed E-state index contributed by atoms with van der Waals surface area (Å²) < 4.78 is 5.66. The molecule has 0 radical (unpaired) electrons. The molecule has 1 aromatic carbocycles. The van der Waals surface area contributed by atoms with Gasteiger partial charge in [-0.1, -0.05) is 49.0 Å². The van der Waals surface area contributed by atoms with Crippen molar-refractivity contribution in [2.45, 2.75) is 49.6 Å². The van der Waals surface area contributed by atoms with Gasteiger partial charge in [-0.2, -0.15) is 0 Å². The summed E-state index contributed by atoms with van der Waals surface area (Å²) in [7, 11) is 0. The quantitative estimate of drug-likeness (QED) is 0.729. The van der Waals surface area contributed by atoms with Crippen molar-refractivity contribution in [1.29, 1.82) is 0 Å². The molecule has 1 atom stereocenters. The van der Waals surface area contributed by atoms with E-state index in [0.29, 0.717) is 29.3 Å². The maximum absolute atomic E-state index is 11.6. The van der Waals surface area contributed by atoms with Gasteiger partial charge < -0.3 is 9.32 Å². The average molecular weight is 331 g/mol. The number of aromatic nitrogens is 2. The van der Waals surface area contributed by atoms with Gasteiger partial charge in [0.25, 0.3) is 5.22 Å². The number of benzene rings is 1. The van der Waals surface area contributed by atoms with Crippen LogP contribution in [0.1, 0.15) is 37.6 Å². The maximum Gasteiger partial charge on any atom is 0.276 e. The molecule has 1 aliphatic heterocycles. The highest BCUT2D eigenvalue weighted by molar-refractivity contribution is 7.99. The Morgan fingerprint density at radius 3 is 2.87 bits per heavy atom. The Labute approximate surface area is 140 Å². The molecule has 0 saturated carbocycles. The van der Waals surface area contributed by atoms with Crippen molar-refractivity contribution < 1.29 is 9.21 Å². The summed E-state index contributed by atoms with van der Waals surface area (Å²) in [6, 6.07) is 10.5. The van der Waals surface area contributed by atoms with Crippen molar-refractivity contribution in [3.63, 3.8) is 0 Å². The van der Waals surface area contributed by atoms with Gasteiger partial charge in [0.2, 0.25) is 11.8 Å². The third-order valence-electron chi connectivity index (χ3n) is 3.93. The van der Waals surface area contributed by atoms with Gasteiger partial charge in [-0.15, -0.1) is 10.2 Å². The van der Waals surface area contributed by atoms with Crippen LogP contribution in [-0.4, -0.2) is 32.8 Å². The molecule has 1 fully saturated rings. The van der Waals surface area contributed by atoms with Gasteiger partial charge in [0.1, 0.15) is 0 Å². The Bertz CT molecular complexity index is 644. The summed E-state index contributed by atoms with van der Waals surface area (Å²) in [5, 5.41) is 9.13. The molecular formula is C17H21N3O2S. The summed E-state index contributed by atoms with van der Waals surface area (Å²) in [4.78, 5) is 13.4. The minimum atomic E-state index is 0.175. The van der Waals surface area contributed by atoms with E-state index in [9.17, 15) is 4.79 Å². The molecule has 0 bridgehead atoms. The smallest absolute Gasteiger partial charge is 0.276 e. The summed E-state index contributed by atoms with van der Waals surface area (Å²) in [5.41, 5.74) is 1.35. The Hall–Kier alpha value is -1.82. The highest BCUT2D eigenvalue weighted by Gasteiger charge is 2.22. The second-order valence-corrected chi connectivity index (χ2v) is 7.22. The summed E-state index contributed by atoms with van der Waals surface area (Å²) >= 11 is 1.60. The number of hydrogen-bond donors (Lipinski definition) is 0. The van der Waals surface area contributed by atoms with Crippen LogP contribution in [-0.2, 0) is 17.8 Å². The normalized spacial score (nSPS) is 16.0. The standard InChI is InChI=1S/C17H21N3O2S/c1-13(9-10-14-6-3-2-4-7-14)23-17-19-18-15(22-17)12-20-11-5-8-16(20)21/h2-4,6-7,13H,5,8-12H2,1H3. The fourth-order valence-corrected chi connectivity index (χ4v) is 3.44. The molecule has 1 amide bonds. The van der Waals surface area contributed by atoms with E-state index in [-0.39, 0.29) is 5.91 Å². The second kappa shape index (κ2) is 7.64. The third kappa shape index (κ3) is 4.58. The van der Waals surface area contributed by atoms with Crippen LogP contribution in [0.15, 0.2) is 40.0 Å². The molecule has 0 spiro atoms. The lowest BCUT2D eigenvalue weighted by molar-refractivity contribution is -0.128. The van der Waals surface area contributed by atoms with E-state index >= 15 is 0 Å². The molecule has 23 heavy (non-hydrogen) atoms. The topological polar surface area (TPSA) is 59.2 Å². The zero-order chi connectivity index (χ0) is 16.1. The zero-order valence-corrected chi connectivity index (χ0v) is 14.1. The minimum absolute atomic E-state index is 0.175. The maximum atomic E-state index is 11.6. The van der Waals surface area contributed by atoms with Crippen LogP contribution in [0.4, 0.5) is 0 Å². The van der Waals surface area contributed by atoms with Crippen molar-refractivity contribution in [2.24, 2.45) is 0 Å². The number of nitrogens with zero attached hydrogens (tertiary/aromatic N) is 3. The van der Waals surface area contributed by atoms with Crippen LogP contribution < -0.4 is 0 Å². The van der Waals surface area contributed by atoms with Crippen molar-refractivity contribution in [3.8, 4) is 0 Å². The lowest BCUT2D eigenvalue weighted by Crippen LogP contribution is -2.23. The fourth-order valence-electron chi connectivity index (χ4n) is 2.63. The minimum Gasteiger partial charge on any atom is -0.414 e. The van der Waals surface area contributed by atoms with E-state index in [1.54, 1.807) is 16.7 Å². The third-order valence-corrected chi connectivity index (χ3v) is 4.93. The SMILES string of the molecule is CC(CCc1ccccc1)Sc1nnc(CN2CCCC2=O)o1. The first kappa shape index (κ1) is 16.1. The molecule has 0 aliphatic carbocycles. The second-order valence-electron chi connectivity index (χ2n) is 5.83. The average Bonchev–Trinajstić information content (AvgIpc) is 3.16. The molecule has 6 heteroatoms. The lowest BCUT2D eigenvalue weighted by Gasteiger charge is -2.11. The molecule has 2 heterocycles. The Morgan fingerprint density at radius 1 is 1.30 bits per heavy atom. The van der Waals surface area contributed by atoms with Gasteiger partial charge in [-0.25, -0.2) is 0 Å². The number of carbonyl (C=O) groups excluding carboxylic acids is 1. The highest BCUT2D eigenvalue weighted by Crippen LogP contribution is 2.25. The predicted molar refractivity (Wildman–Crippen MR) is 89.0 cm³/mol. The van der Waals surface area contributed by atoms with Crippen LogP contribution >= 0.6 is 11.8 Å². The molecule has 5 nitrogen and oxygen atoms in total. The van der Waals surface area contributed by atoms with Crippen LogP contribution in [0.2, 0.25) is 0 Å².